The third kappa shape index (κ3) is 2.78. The van der Waals surface area contributed by atoms with Gasteiger partial charge < -0.3 is 14.8 Å². The van der Waals surface area contributed by atoms with Crippen molar-refractivity contribution < 1.29 is 4.79 Å². The first-order chi connectivity index (χ1) is 10.2. The number of aromatic amines is 1. The maximum Gasteiger partial charge on any atom is 0.227 e. The fraction of sp³-hybridized carbons (Fsp3) is 0.500. The van der Waals surface area contributed by atoms with Gasteiger partial charge in [0.2, 0.25) is 5.91 Å². The fourth-order valence-electron chi connectivity index (χ4n) is 3.11. The van der Waals surface area contributed by atoms with Gasteiger partial charge in [-0.1, -0.05) is 6.92 Å². The summed E-state index contributed by atoms with van der Waals surface area (Å²) in [6.07, 6.45) is 5.13. The molecule has 1 unspecified atom stereocenters. The third-order valence-electron chi connectivity index (χ3n) is 4.36. The normalized spacial score (nSPS) is 20.1. The van der Waals surface area contributed by atoms with Crippen molar-refractivity contribution >= 4 is 16.9 Å². The number of likely N-dealkylation sites (N-methyl/N-ethyl adjacent to an activating group) is 1. The van der Waals surface area contributed by atoms with E-state index in [1.54, 1.807) is 6.20 Å². The molecule has 5 nitrogen and oxygen atoms in total. The minimum absolute atomic E-state index is 0.222. The predicted molar refractivity (Wildman–Crippen MR) is 83.1 cm³/mol. The topological polar surface area (TPSA) is 52.2 Å². The highest BCUT2D eigenvalue weighted by Gasteiger charge is 2.27. The first-order valence-corrected chi connectivity index (χ1v) is 7.58. The molecule has 5 heteroatoms. The van der Waals surface area contributed by atoms with Crippen molar-refractivity contribution in [2.75, 3.05) is 26.7 Å². The molecule has 1 fully saturated rings. The van der Waals surface area contributed by atoms with Crippen LogP contribution in [0, 0.1) is 0 Å². The van der Waals surface area contributed by atoms with Crippen LogP contribution in [0.1, 0.15) is 18.9 Å². The van der Waals surface area contributed by atoms with E-state index < -0.39 is 0 Å². The van der Waals surface area contributed by atoms with E-state index in [0.717, 1.165) is 42.7 Å². The van der Waals surface area contributed by atoms with Crippen LogP contribution >= 0.6 is 0 Å². The van der Waals surface area contributed by atoms with Crippen molar-refractivity contribution in [3.63, 3.8) is 0 Å². The second kappa shape index (κ2) is 5.85. The fourth-order valence-corrected chi connectivity index (χ4v) is 3.11. The molecule has 2 aromatic rings. The van der Waals surface area contributed by atoms with Gasteiger partial charge in [0.25, 0.3) is 0 Å². The van der Waals surface area contributed by atoms with Crippen molar-refractivity contribution in [3.8, 4) is 0 Å². The van der Waals surface area contributed by atoms with Crippen LogP contribution in [0.4, 0.5) is 0 Å². The minimum Gasteiger partial charge on any atom is -0.346 e. The summed E-state index contributed by atoms with van der Waals surface area (Å²) in [6, 6.07) is 4.26. The molecule has 1 N–H and O–H groups in total. The highest BCUT2D eigenvalue weighted by molar-refractivity contribution is 5.87. The Morgan fingerprint density at radius 3 is 3.14 bits per heavy atom. The average Bonchev–Trinajstić information content (AvgIpc) is 2.90. The summed E-state index contributed by atoms with van der Waals surface area (Å²) in [5.41, 5.74) is 1.89. The molecule has 1 saturated heterocycles. The number of aromatic nitrogens is 2. The highest BCUT2D eigenvalue weighted by atomic mass is 16.2. The summed E-state index contributed by atoms with van der Waals surface area (Å²) < 4.78 is 0. The highest BCUT2D eigenvalue weighted by Crippen LogP contribution is 2.19. The van der Waals surface area contributed by atoms with E-state index in [4.69, 9.17) is 0 Å². The van der Waals surface area contributed by atoms with Gasteiger partial charge in [-0.15, -0.1) is 0 Å². The molecule has 112 valence electrons. The van der Waals surface area contributed by atoms with Crippen molar-refractivity contribution in [2.24, 2.45) is 0 Å². The van der Waals surface area contributed by atoms with Crippen LogP contribution in [0.25, 0.3) is 11.0 Å². The largest absolute Gasteiger partial charge is 0.346 e. The summed E-state index contributed by atoms with van der Waals surface area (Å²) in [7, 11) is 2.12. The Kier molecular flexibility index (Phi) is 3.92. The van der Waals surface area contributed by atoms with E-state index in [1.807, 2.05) is 18.3 Å². The molecular formula is C16H22N4O. The zero-order valence-electron chi connectivity index (χ0n) is 12.7. The molecule has 0 spiro atoms. The zero-order chi connectivity index (χ0) is 14.8. The Morgan fingerprint density at radius 1 is 1.48 bits per heavy atom. The van der Waals surface area contributed by atoms with Crippen LogP contribution in [-0.4, -0.2) is 58.4 Å². The van der Waals surface area contributed by atoms with E-state index >= 15 is 0 Å². The molecule has 1 atom stereocenters. The lowest BCUT2D eigenvalue weighted by molar-refractivity contribution is -0.135. The maximum absolute atomic E-state index is 12.7. The lowest BCUT2D eigenvalue weighted by Crippen LogP contribution is -2.54. The number of piperazine rings is 1. The number of fused-ring (bicyclic) bond motifs is 1. The first-order valence-electron chi connectivity index (χ1n) is 7.58. The van der Waals surface area contributed by atoms with Gasteiger partial charge in [0.1, 0.15) is 5.65 Å². The molecule has 0 aliphatic carbocycles. The Balaban J connectivity index is 1.76. The Labute approximate surface area is 125 Å². The molecule has 0 radical (unpaired) electrons. The number of nitrogens with one attached hydrogen (secondary N) is 1. The standard InChI is InChI=1S/C16H22N4O/c1-3-13-11-19(2)7-8-20(13)15(21)9-12-10-18-16-14(12)5-4-6-17-16/h4-6,10,13H,3,7-9,11H2,1-2H3,(H,17,18). The summed E-state index contributed by atoms with van der Waals surface area (Å²) in [4.78, 5) is 24.4. The number of amides is 1. The number of carbonyl (C=O) groups excluding carboxylic acids is 1. The van der Waals surface area contributed by atoms with E-state index in [9.17, 15) is 4.79 Å². The van der Waals surface area contributed by atoms with Crippen molar-refractivity contribution in [3.05, 3.63) is 30.1 Å². The SMILES string of the molecule is CCC1CN(C)CCN1C(=O)Cc1c[nH]c2ncccc12. The lowest BCUT2D eigenvalue weighted by atomic mass is 10.1. The van der Waals surface area contributed by atoms with Crippen LogP contribution < -0.4 is 0 Å². The average molecular weight is 286 g/mol. The molecule has 1 amide bonds. The minimum atomic E-state index is 0.222. The van der Waals surface area contributed by atoms with Crippen LogP contribution in [0.5, 0.6) is 0 Å². The molecule has 3 heterocycles. The number of hydrogen-bond acceptors (Lipinski definition) is 3. The first kappa shape index (κ1) is 14.1. The summed E-state index contributed by atoms with van der Waals surface area (Å²) >= 11 is 0. The van der Waals surface area contributed by atoms with E-state index in [-0.39, 0.29) is 5.91 Å². The molecular weight excluding hydrogens is 264 g/mol. The summed E-state index contributed by atoms with van der Waals surface area (Å²) in [5, 5.41) is 1.05. The molecule has 0 aromatic carbocycles. The number of pyridine rings is 1. The molecule has 21 heavy (non-hydrogen) atoms. The number of hydrogen-bond donors (Lipinski definition) is 1. The molecule has 2 aromatic heterocycles. The monoisotopic (exact) mass is 286 g/mol. The molecule has 1 aliphatic heterocycles. The van der Waals surface area contributed by atoms with Gasteiger partial charge in [0, 0.05) is 43.5 Å². The molecule has 0 bridgehead atoms. The summed E-state index contributed by atoms with van der Waals surface area (Å²) in [5.74, 6) is 0.222. The van der Waals surface area contributed by atoms with Gasteiger partial charge in [-0.3, -0.25) is 4.79 Å². The van der Waals surface area contributed by atoms with Gasteiger partial charge in [-0.05, 0) is 31.2 Å². The number of rotatable bonds is 3. The molecule has 3 rings (SSSR count). The smallest absolute Gasteiger partial charge is 0.227 e. The molecule has 1 aliphatic rings. The van der Waals surface area contributed by atoms with Crippen LogP contribution in [0.2, 0.25) is 0 Å². The second-order valence-electron chi connectivity index (χ2n) is 5.80. The Hall–Kier alpha value is -1.88. The van der Waals surface area contributed by atoms with Crippen molar-refractivity contribution in [1.29, 1.82) is 0 Å². The Bertz CT molecular complexity index is 636. The predicted octanol–water partition coefficient (Wildman–Crippen LogP) is 1.66. The van der Waals surface area contributed by atoms with E-state index in [2.05, 4.69) is 33.7 Å². The van der Waals surface area contributed by atoms with Crippen LogP contribution in [-0.2, 0) is 11.2 Å². The van der Waals surface area contributed by atoms with E-state index in [1.165, 1.54) is 0 Å². The zero-order valence-corrected chi connectivity index (χ0v) is 12.7. The van der Waals surface area contributed by atoms with Gasteiger partial charge in [0.05, 0.1) is 6.42 Å². The number of carbonyl (C=O) groups is 1. The number of nitrogens with zero attached hydrogens (tertiary/aromatic N) is 3. The number of H-pyrrole nitrogens is 1. The van der Waals surface area contributed by atoms with Crippen LogP contribution in [0.3, 0.4) is 0 Å². The second-order valence-corrected chi connectivity index (χ2v) is 5.80. The van der Waals surface area contributed by atoms with Crippen molar-refractivity contribution in [2.45, 2.75) is 25.8 Å². The van der Waals surface area contributed by atoms with Crippen molar-refractivity contribution in [1.82, 2.24) is 19.8 Å². The van der Waals surface area contributed by atoms with E-state index in [0.29, 0.717) is 12.5 Å². The lowest BCUT2D eigenvalue weighted by Gasteiger charge is -2.39. The van der Waals surface area contributed by atoms with Crippen LogP contribution in [0.15, 0.2) is 24.5 Å². The third-order valence-corrected chi connectivity index (χ3v) is 4.36. The maximum atomic E-state index is 12.7. The van der Waals surface area contributed by atoms with Gasteiger partial charge in [0.15, 0.2) is 0 Å². The van der Waals surface area contributed by atoms with Gasteiger partial charge in [-0.2, -0.15) is 0 Å². The van der Waals surface area contributed by atoms with Gasteiger partial charge in [-0.25, -0.2) is 4.98 Å². The van der Waals surface area contributed by atoms with Gasteiger partial charge >= 0.3 is 0 Å². The molecule has 0 saturated carbocycles. The quantitative estimate of drug-likeness (QED) is 0.933. The Morgan fingerprint density at radius 2 is 2.33 bits per heavy atom. The summed E-state index contributed by atoms with van der Waals surface area (Å²) in [6.45, 7) is 4.91.